The summed E-state index contributed by atoms with van der Waals surface area (Å²) >= 11 is 0. The number of hydrogen-bond acceptors (Lipinski definition) is 5. The molecule has 3 aromatic carbocycles. The second-order valence-electron chi connectivity index (χ2n) is 12.9. The highest BCUT2D eigenvalue weighted by Gasteiger charge is 2.37. The Morgan fingerprint density at radius 3 is 2.26 bits per heavy atom. The molecule has 0 aromatic heterocycles. The Kier molecular flexibility index (Phi) is 10.1. The molecular formula is C35H46N2O4Si. The molecule has 0 unspecified atom stereocenters. The molecule has 1 aliphatic rings. The number of rotatable bonds is 9. The molecule has 0 saturated carbocycles. The molecule has 3 aromatic rings. The van der Waals surface area contributed by atoms with E-state index in [1.807, 2.05) is 61.5 Å². The zero-order valence-corrected chi connectivity index (χ0v) is 27.3. The van der Waals surface area contributed by atoms with E-state index in [4.69, 9.17) is 9.16 Å². The van der Waals surface area contributed by atoms with Crippen LogP contribution in [-0.2, 0) is 9.16 Å². The number of likely N-dealkylation sites (tertiary alicyclic amines) is 1. The predicted octanol–water partition coefficient (Wildman–Crippen LogP) is 7.90. The Morgan fingerprint density at radius 1 is 0.929 bits per heavy atom. The van der Waals surface area contributed by atoms with E-state index in [2.05, 4.69) is 50.1 Å². The van der Waals surface area contributed by atoms with E-state index in [0.29, 0.717) is 22.7 Å². The van der Waals surface area contributed by atoms with E-state index in [-0.39, 0.29) is 10.9 Å². The van der Waals surface area contributed by atoms with Gasteiger partial charge in [-0.2, -0.15) is 0 Å². The lowest BCUT2D eigenvalue weighted by Gasteiger charge is -2.38. The van der Waals surface area contributed by atoms with Gasteiger partial charge in [0.25, 0.3) is 5.91 Å². The van der Waals surface area contributed by atoms with Crippen LogP contribution in [0.25, 0.3) is 11.1 Å². The summed E-state index contributed by atoms with van der Waals surface area (Å²) < 4.78 is 11.4. The molecule has 0 aliphatic carbocycles. The topological polar surface area (TPSA) is 67.9 Å². The molecule has 1 heterocycles. The third-order valence-electron chi connectivity index (χ3n) is 9.02. The van der Waals surface area contributed by atoms with Crippen LogP contribution in [0.3, 0.4) is 0 Å². The average molecular weight is 587 g/mol. The van der Waals surface area contributed by atoms with Crippen LogP contribution >= 0.6 is 0 Å². The SMILES string of the molecule is COC(=O)c1ccc(-c2ccccc2)cc1NC(=O)c1cc(C2CCN(CCO[Si](C)(C)C(C)(C)C)CC2)ccc1C. The number of esters is 1. The third-order valence-corrected chi connectivity index (χ3v) is 13.6. The number of carbonyl (C=O) groups excluding carboxylic acids is 2. The second-order valence-corrected chi connectivity index (χ2v) is 17.7. The molecular weight excluding hydrogens is 540 g/mol. The minimum Gasteiger partial charge on any atom is -0.465 e. The van der Waals surface area contributed by atoms with Crippen LogP contribution in [0.4, 0.5) is 5.69 Å². The van der Waals surface area contributed by atoms with E-state index in [0.717, 1.165) is 55.8 Å². The summed E-state index contributed by atoms with van der Waals surface area (Å²) in [5.74, 6) is -0.316. The van der Waals surface area contributed by atoms with Crippen molar-refractivity contribution in [3.63, 3.8) is 0 Å². The first kappa shape index (κ1) is 31.7. The van der Waals surface area contributed by atoms with Crippen molar-refractivity contribution < 1.29 is 18.8 Å². The molecule has 0 bridgehead atoms. The number of hydrogen-bond donors (Lipinski definition) is 1. The number of benzene rings is 3. The average Bonchev–Trinajstić information content (AvgIpc) is 2.97. The van der Waals surface area contributed by atoms with Gasteiger partial charge in [-0.15, -0.1) is 0 Å². The molecule has 7 heteroatoms. The number of amides is 1. The van der Waals surface area contributed by atoms with Gasteiger partial charge in [0, 0.05) is 18.7 Å². The van der Waals surface area contributed by atoms with Crippen LogP contribution in [0.15, 0.2) is 66.7 Å². The number of aryl methyl sites for hydroxylation is 1. The van der Waals surface area contributed by atoms with E-state index in [1.165, 1.54) is 12.7 Å². The Balaban J connectivity index is 1.44. The molecule has 224 valence electrons. The van der Waals surface area contributed by atoms with Crippen molar-refractivity contribution in [2.75, 3.05) is 38.7 Å². The summed E-state index contributed by atoms with van der Waals surface area (Å²) in [7, 11) is -0.383. The van der Waals surface area contributed by atoms with Crippen molar-refractivity contribution in [2.45, 2.75) is 64.6 Å². The van der Waals surface area contributed by atoms with Crippen LogP contribution < -0.4 is 5.32 Å². The fourth-order valence-electron chi connectivity index (χ4n) is 5.21. The van der Waals surface area contributed by atoms with Crippen LogP contribution in [0.5, 0.6) is 0 Å². The summed E-state index contributed by atoms with van der Waals surface area (Å²) in [6.45, 7) is 17.2. The molecule has 4 rings (SSSR count). The van der Waals surface area contributed by atoms with Gasteiger partial charge in [-0.05, 0) is 97.4 Å². The third kappa shape index (κ3) is 7.57. The predicted molar refractivity (Wildman–Crippen MR) is 174 cm³/mol. The Labute approximate surface area is 252 Å². The molecule has 42 heavy (non-hydrogen) atoms. The zero-order valence-electron chi connectivity index (χ0n) is 26.3. The number of anilines is 1. The largest absolute Gasteiger partial charge is 0.465 e. The maximum atomic E-state index is 13.6. The van der Waals surface area contributed by atoms with Gasteiger partial charge in [-0.1, -0.05) is 69.3 Å². The molecule has 0 atom stereocenters. The Morgan fingerprint density at radius 2 is 1.62 bits per heavy atom. The number of piperidine rings is 1. The maximum Gasteiger partial charge on any atom is 0.339 e. The van der Waals surface area contributed by atoms with Crippen molar-refractivity contribution >= 4 is 25.9 Å². The molecule has 6 nitrogen and oxygen atoms in total. The molecule has 1 saturated heterocycles. The normalized spacial score (nSPS) is 14.9. The summed E-state index contributed by atoms with van der Waals surface area (Å²) in [6, 6.07) is 21.5. The number of nitrogens with one attached hydrogen (secondary N) is 1. The lowest BCUT2D eigenvalue weighted by atomic mass is 9.87. The minimum atomic E-state index is -1.73. The molecule has 1 fully saturated rings. The fourth-order valence-corrected chi connectivity index (χ4v) is 6.24. The van der Waals surface area contributed by atoms with Gasteiger partial charge in [0.2, 0.25) is 0 Å². The smallest absolute Gasteiger partial charge is 0.339 e. The number of carbonyl (C=O) groups is 2. The summed E-state index contributed by atoms with van der Waals surface area (Å²) in [5.41, 5.74) is 5.38. The first-order chi connectivity index (χ1) is 19.9. The van der Waals surface area contributed by atoms with Gasteiger partial charge in [0.1, 0.15) is 0 Å². The van der Waals surface area contributed by atoms with Crippen molar-refractivity contribution in [1.29, 1.82) is 0 Å². The van der Waals surface area contributed by atoms with Crippen molar-refractivity contribution in [1.82, 2.24) is 4.90 Å². The standard InChI is InChI=1S/C35H46N2O4Si/c1-25-13-14-28(27-17-19-37(20-18-27)21-22-41-42(6,7)35(2,3)4)23-31(25)33(38)36-32-24-29(26-11-9-8-10-12-26)15-16-30(32)34(39)40-5/h8-16,23-24,27H,17-22H2,1-7H3,(H,36,38). The van der Waals surface area contributed by atoms with E-state index >= 15 is 0 Å². The lowest BCUT2D eigenvalue weighted by molar-refractivity contribution is 0.0602. The van der Waals surface area contributed by atoms with Crippen molar-refractivity contribution in [3.8, 4) is 11.1 Å². The Bertz CT molecular complexity index is 1390. The summed E-state index contributed by atoms with van der Waals surface area (Å²) in [6.07, 6.45) is 2.10. The van der Waals surface area contributed by atoms with Gasteiger partial charge in [-0.3, -0.25) is 4.79 Å². The minimum absolute atomic E-state index is 0.223. The van der Waals surface area contributed by atoms with E-state index < -0.39 is 14.3 Å². The molecule has 1 aliphatic heterocycles. The second kappa shape index (κ2) is 13.4. The number of ether oxygens (including phenoxy) is 1. The van der Waals surface area contributed by atoms with Crippen molar-refractivity contribution in [2.24, 2.45) is 0 Å². The molecule has 1 amide bonds. The van der Waals surface area contributed by atoms with Crippen molar-refractivity contribution in [3.05, 3.63) is 89.0 Å². The quantitative estimate of drug-likeness (QED) is 0.204. The van der Waals surface area contributed by atoms with E-state index in [9.17, 15) is 9.59 Å². The highest BCUT2D eigenvalue weighted by molar-refractivity contribution is 6.74. The Hall–Kier alpha value is -3.26. The fraction of sp³-hybridized carbons (Fsp3) is 0.429. The van der Waals surface area contributed by atoms with Gasteiger partial charge >= 0.3 is 5.97 Å². The van der Waals surface area contributed by atoms with Gasteiger partial charge in [-0.25, -0.2) is 4.79 Å². The zero-order chi connectivity index (χ0) is 30.5. The van der Waals surface area contributed by atoms with E-state index in [1.54, 1.807) is 6.07 Å². The molecule has 1 N–H and O–H groups in total. The summed E-state index contributed by atoms with van der Waals surface area (Å²) in [4.78, 5) is 28.6. The first-order valence-electron chi connectivity index (χ1n) is 15.0. The highest BCUT2D eigenvalue weighted by Crippen LogP contribution is 2.36. The van der Waals surface area contributed by atoms with Gasteiger partial charge < -0.3 is 19.4 Å². The van der Waals surface area contributed by atoms with Crippen LogP contribution in [-0.4, -0.2) is 58.4 Å². The van der Waals surface area contributed by atoms with Crippen LogP contribution in [0, 0.1) is 6.92 Å². The van der Waals surface area contributed by atoms with Crippen LogP contribution in [0.2, 0.25) is 18.1 Å². The monoisotopic (exact) mass is 586 g/mol. The van der Waals surface area contributed by atoms with Crippen LogP contribution in [0.1, 0.15) is 71.4 Å². The maximum absolute atomic E-state index is 13.6. The number of methoxy groups -OCH3 is 1. The van der Waals surface area contributed by atoms with Gasteiger partial charge in [0.15, 0.2) is 8.32 Å². The van der Waals surface area contributed by atoms with Gasteiger partial charge in [0.05, 0.1) is 18.4 Å². The number of nitrogens with zero attached hydrogens (tertiary/aromatic N) is 1. The summed E-state index contributed by atoms with van der Waals surface area (Å²) in [5, 5.41) is 3.24. The highest BCUT2D eigenvalue weighted by atomic mass is 28.4. The molecule has 0 spiro atoms. The lowest BCUT2D eigenvalue weighted by Crippen LogP contribution is -2.43. The molecule has 0 radical (unpaired) electrons. The first-order valence-corrected chi connectivity index (χ1v) is 17.9.